The number of rotatable bonds is 8. The summed E-state index contributed by atoms with van der Waals surface area (Å²) >= 11 is 0. The molecular weight excluding hydrogens is 566 g/mol. The number of nitro benzene ring substituents is 1. The van der Waals surface area contributed by atoms with Crippen LogP contribution in [0, 0.1) is 51.0 Å². The van der Waals surface area contributed by atoms with Crippen LogP contribution in [0.15, 0.2) is 35.0 Å². The maximum atomic E-state index is 12.6. The van der Waals surface area contributed by atoms with Gasteiger partial charge in [0.25, 0.3) is 5.91 Å². The minimum Gasteiger partial charge on any atom is -0.502 e. The summed E-state index contributed by atoms with van der Waals surface area (Å²) in [5, 5.41) is 38.9. The van der Waals surface area contributed by atoms with Crippen LogP contribution in [0.3, 0.4) is 0 Å². The number of allylic oxidation sites excluding steroid dienone is 2. The number of terminal acetylenes is 1. The predicted molar refractivity (Wildman–Crippen MR) is 161 cm³/mol. The van der Waals surface area contributed by atoms with Gasteiger partial charge in [-0.3, -0.25) is 14.9 Å². The van der Waals surface area contributed by atoms with Gasteiger partial charge < -0.3 is 25.1 Å². The Balaban J connectivity index is 1.20. The van der Waals surface area contributed by atoms with Crippen LogP contribution in [0.1, 0.15) is 70.8 Å². The molecule has 0 bridgehead atoms. The van der Waals surface area contributed by atoms with Gasteiger partial charge in [0.2, 0.25) is 0 Å². The molecule has 7 atom stereocenters. The van der Waals surface area contributed by atoms with Crippen molar-refractivity contribution in [2.24, 2.45) is 33.7 Å². The van der Waals surface area contributed by atoms with Gasteiger partial charge in [0.05, 0.1) is 17.7 Å². The first kappa shape index (κ1) is 31.5. The Labute approximate surface area is 257 Å². The summed E-state index contributed by atoms with van der Waals surface area (Å²) in [6.45, 7) is 4.14. The van der Waals surface area contributed by atoms with Crippen LogP contribution in [0.25, 0.3) is 0 Å². The molecule has 0 radical (unpaired) electrons. The van der Waals surface area contributed by atoms with Crippen molar-refractivity contribution in [2.75, 3.05) is 13.7 Å². The first-order valence-corrected chi connectivity index (χ1v) is 15.3. The molecule has 0 spiro atoms. The number of phenolic OH excluding ortho intramolecular Hbond substituents is 1. The molecule has 0 aromatic heterocycles. The summed E-state index contributed by atoms with van der Waals surface area (Å²) in [6, 6.07) is 2.63. The normalized spacial score (nSPS) is 33.9. The Kier molecular flexibility index (Phi) is 8.51. The number of amides is 1. The van der Waals surface area contributed by atoms with E-state index in [9.17, 15) is 29.9 Å². The third kappa shape index (κ3) is 5.45. The smallest absolute Gasteiger partial charge is 0.328 e. The fourth-order valence-electron chi connectivity index (χ4n) is 8.72. The molecule has 4 aliphatic carbocycles. The number of carbonyl (C=O) groups is 2. The van der Waals surface area contributed by atoms with E-state index in [1.54, 1.807) is 0 Å². The number of oxime groups is 1. The van der Waals surface area contributed by atoms with Crippen molar-refractivity contribution in [2.45, 2.75) is 83.3 Å². The highest BCUT2D eigenvalue weighted by molar-refractivity contribution is 5.96. The highest BCUT2D eigenvalue weighted by Gasteiger charge is 2.63. The molecular formula is C33H41N3O8. The van der Waals surface area contributed by atoms with E-state index in [-0.39, 0.29) is 17.3 Å². The number of benzene rings is 1. The van der Waals surface area contributed by atoms with E-state index < -0.39 is 46.5 Å². The summed E-state index contributed by atoms with van der Waals surface area (Å²) in [5.74, 6) is 2.41. The van der Waals surface area contributed by atoms with Gasteiger partial charge in [0.1, 0.15) is 11.6 Å². The van der Waals surface area contributed by atoms with E-state index >= 15 is 0 Å². The molecule has 236 valence electrons. The van der Waals surface area contributed by atoms with Crippen molar-refractivity contribution in [1.29, 1.82) is 0 Å². The second-order valence-corrected chi connectivity index (χ2v) is 13.3. The van der Waals surface area contributed by atoms with Crippen LogP contribution < -0.4 is 5.32 Å². The third-order valence-electron chi connectivity index (χ3n) is 11.2. The second-order valence-electron chi connectivity index (χ2n) is 13.3. The first-order valence-electron chi connectivity index (χ1n) is 15.3. The van der Waals surface area contributed by atoms with Gasteiger partial charge in [-0.1, -0.05) is 36.6 Å². The molecule has 1 aromatic carbocycles. The molecule has 0 heterocycles. The number of nitrogens with zero attached hydrogens (tertiary/aromatic N) is 2. The Morgan fingerprint density at radius 1 is 1.20 bits per heavy atom. The molecule has 3 fully saturated rings. The van der Waals surface area contributed by atoms with Gasteiger partial charge >= 0.3 is 11.7 Å². The average molecular weight is 608 g/mol. The summed E-state index contributed by atoms with van der Waals surface area (Å²) in [4.78, 5) is 40.8. The molecule has 4 unspecified atom stereocenters. The largest absolute Gasteiger partial charge is 0.502 e. The van der Waals surface area contributed by atoms with Gasteiger partial charge in [-0.2, -0.15) is 0 Å². The van der Waals surface area contributed by atoms with Crippen molar-refractivity contribution < 1.29 is 34.3 Å². The Bertz CT molecular complexity index is 1450. The zero-order chi connectivity index (χ0) is 31.9. The van der Waals surface area contributed by atoms with Gasteiger partial charge in [-0.05, 0) is 92.2 Å². The molecule has 0 saturated heterocycles. The summed E-state index contributed by atoms with van der Waals surface area (Å²) in [7, 11) is 1.18. The molecule has 1 aromatic rings. The van der Waals surface area contributed by atoms with Gasteiger partial charge in [-0.15, -0.1) is 6.42 Å². The Hall–Kier alpha value is -3.91. The lowest BCUT2D eigenvalue weighted by molar-refractivity contribution is -0.385. The average Bonchev–Trinajstić information content (AvgIpc) is 3.27. The third-order valence-corrected chi connectivity index (χ3v) is 11.2. The Morgan fingerprint density at radius 2 is 1.95 bits per heavy atom. The summed E-state index contributed by atoms with van der Waals surface area (Å²) in [5.41, 5.74) is 0.796. The Morgan fingerprint density at radius 3 is 2.66 bits per heavy atom. The fraction of sp³-hybridized carbons (Fsp3) is 0.606. The zero-order valence-electron chi connectivity index (χ0n) is 25.5. The number of hydrogen-bond acceptors (Lipinski definition) is 9. The molecule has 0 aliphatic heterocycles. The number of fused-ring (bicyclic) bond motifs is 5. The first-order chi connectivity index (χ1) is 20.8. The van der Waals surface area contributed by atoms with E-state index in [0.717, 1.165) is 56.4 Å². The molecule has 11 heteroatoms. The fourth-order valence-corrected chi connectivity index (χ4v) is 8.72. The second kappa shape index (κ2) is 11.9. The number of aliphatic hydroxyl groups is 1. The van der Waals surface area contributed by atoms with Crippen molar-refractivity contribution in [1.82, 2.24) is 5.32 Å². The molecule has 44 heavy (non-hydrogen) atoms. The lowest BCUT2D eigenvalue weighted by Crippen LogP contribution is -2.54. The SMILES string of the molecule is C#C[C@@]1(O)CCC2C3CCC4=CC(=NOCC(=O)NC(Cc5ccc(O)c([N+](=O)[O-])c5)C(=O)OC)CC[C@]4(C)C3CC[C@@]21C. The summed E-state index contributed by atoms with van der Waals surface area (Å²) < 4.78 is 4.79. The molecule has 3 saturated carbocycles. The number of phenols is 1. The van der Waals surface area contributed by atoms with Crippen LogP contribution in [-0.4, -0.2) is 58.1 Å². The zero-order valence-corrected chi connectivity index (χ0v) is 25.5. The number of methoxy groups -OCH3 is 1. The molecule has 11 nitrogen and oxygen atoms in total. The maximum absolute atomic E-state index is 12.6. The number of esters is 1. The number of nitrogens with one attached hydrogen (secondary N) is 1. The number of hydrogen-bond donors (Lipinski definition) is 3. The van der Waals surface area contributed by atoms with Crippen molar-refractivity contribution in [3.63, 3.8) is 0 Å². The van der Waals surface area contributed by atoms with E-state index in [4.69, 9.17) is 16.0 Å². The molecule has 1 amide bonds. The number of aromatic hydroxyl groups is 1. The van der Waals surface area contributed by atoms with E-state index in [1.807, 2.05) is 0 Å². The number of carbonyl (C=O) groups excluding carboxylic acids is 2. The topological polar surface area (TPSA) is 161 Å². The number of ether oxygens (including phenoxy) is 1. The van der Waals surface area contributed by atoms with Crippen LogP contribution in [0.5, 0.6) is 5.75 Å². The van der Waals surface area contributed by atoms with Gasteiger partial charge in [0.15, 0.2) is 12.4 Å². The van der Waals surface area contributed by atoms with E-state index in [1.165, 1.54) is 18.7 Å². The van der Waals surface area contributed by atoms with Gasteiger partial charge in [0, 0.05) is 17.9 Å². The highest BCUT2D eigenvalue weighted by atomic mass is 16.6. The van der Waals surface area contributed by atoms with Crippen LogP contribution in [0.4, 0.5) is 5.69 Å². The van der Waals surface area contributed by atoms with Crippen molar-refractivity contribution in [3.05, 3.63) is 45.5 Å². The molecule has 4 aliphatic rings. The summed E-state index contributed by atoms with van der Waals surface area (Å²) in [6.07, 6.45) is 15.1. The van der Waals surface area contributed by atoms with Crippen molar-refractivity contribution in [3.8, 4) is 18.1 Å². The monoisotopic (exact) mass is 607 g/mol. The van der Waals surface area contributed by atoms with Crippen LogP contribution >= 0.6 is 0 Å². The maximum Gasteiger partial charge on any atom is 0.328 e. The molecule has 3 N–H and O–H groups in total. The van der Waals surface area contributed by atoms with E-state index in [2.05, 4.69) is 36.3 Å². The standard InChI is InChI=1S/C33H41N3O8/c1-5-33(40)15-12-25-23-8-7-21-18-22(10-13-31(21,2)24(23)11-14-32(25,33)3)35-44-19-29(38)34-26(30(39)43-4)16-20-6-9-28(37)27(17-20)36(41)42/h1,6,9,17-18,23-26,37,40H,7-8,10-16,19H2,2-4H3,(H,34,38)/t23?,24?,25?,26?,31-,32-,33+/m0/s1. The van der Waals surface area contributed by atoms with Crippen LogP contribution in [-0.2, 0) is 25.6 Å². The molecule has 5 rings (SSSR count). The minimum absolute atomic E-state index is 0.0501. The van der Waals surface area contributed by atoms with E-state index in [0.29, 0.717) is 36.2 Å². The number of nitro groups is 1. The minimum atomic E-state index is -1.12. The predicted octanol–water partition coefficient (Wildman–Crippen LogP) is 4.20. The quantitative estimate of drug-likeness (QED) is 0.172. The highest BCUT2D eigenvalue weighted by Crippen LogP contribution is 2.67. The van der Waals surface area contributed by atoms with Crippen LogP contribution in [0.2, 0.25) is 0 Å². The lowest BCUT2D eigenvalue weighted by atomic mass is 9.46. The van der Waals surface area contributed by atoms with Gasteiger partial charge in [-0.25, -0.2) is 4.79 Å². The van der Waals surface area contributed by atoms with Crippen molar-refractivity contribution >= 4 is 23.3 Å². The lowest BCUT2D eigenvalue weighted by Gasteiger charge is -2.58.